The summed E-state index contributed by atoms with van der Waals surface area (Å²) in [4.78, 5) is 0. The van der Waals surface area contributed by atoms with Crippen LogP contribution in [0, 0.1) is 11.7 Å². The van der Waals surface area contributed by atoms with Crippen molar-refractivity contribution in [2.75, 3.05) is 0 Å². The molecule has 1 nitrogen and oxygen atoms in total. The van der Waals surface area contributed by atoms with E-state index in [-0.39, 0.29) is 28.9 Å². The zero-order chi connectivity index (χ0) is 9.26. The second kappa shape index (κ2) is 5.10. The maximum atomic E-state index is 12.6. The van der Waals surface area contributed by atoms with Crippen molar-refractivity contribution in [2.24, 2.45) is 5.92 Å². The number of aliphatic hydroxyl groups excluding tert-OH is 1. The van der Waals surface area contributed by atoms with Crippen LogP contribution in [-0.2, 0) is 0 Å². The second-order valence-corrected chi connectivity index (χ2v) is 3.69. The van der Waals surface area contributed by atoms with Crippen LogP contribution >= 0.6 is 0 Å². The Morgan fingerprint density at radius 1 is 1.21 bits per heavy atom. The van der Waals surface area contributed by atoms with Crippen LogP contribution in [0.25, 0.3) is 0 Å². The third kappa shape index (κ3) is 2.46. The molecule has 0 aliphatic heterocycles. The molecule has 14 heavy (non-hydrogen) atoms. The number of aliphatic hydroxyl groups is 1. The van der Waals surface area contributed by atoms with Gasteiger partial charge in [0.05, 0.1) is 6.10 Å². The highest BCUT2D eigenvalue weighted by Gasteiger charge is 2.26. The molecular weight excluding hydrogens is 191 g/mol. The highest BCUT2D eigenvalue weighted by atomic mass is 24.3. The number of hydrogen-bond donors (Lipinski definition) is 1. The summed E-state index contributed by atoms with van der Waals surface area (Å²) in [5.74, 6) is 0.148. The summed E-state index contributed by atoms with van der Waals surface area (Å²) in [6.45, 7) is 0. The fourth-order valence-corrected chi connectivity index (χ4v) is 1.69. The van der Waals surface area contributed by atoms with Gasteiger partial charge < -0.3 is 5.11 Å². The van der Waals surface area contributed by atoms with E-state index in [9.17, 15) is 9.50 Å². The molecule has 2 rings (SSSR count). The van der Waals surface area contributed by atoms with Crippen molar-refractivity contribution in [1.29, 1.82) is 0 Å². The molecule has 1 unspecified atom stereocenters. The summed E-state index contributed by atoms with van der Waals surface area (Å²) < 4.78 is 12.6. The first-order chi connectivity index (χ1) is 6.27. The van der Waals surface area contributed by atoms with Gasteiger partial charge in [-0.1, -0.05) is 18.6 Å². The minimum Gasteiger partial charge on any atom is -0.388 e. The summed E-state index contributed by atoms with van der Waals surface area (Å²) in [5, 5.41) is 9.81. The third-order valence-electron chi connectivity index (χ3n) is 2.81. The summed E-state index contributed by atoms with van der Waals surface area (Å²) in [5.41, 5.74) is 0.839. The lowest BCUT2D eigenvalue weighted by Crippen LogP contribution is -2.19. The Kier molecular flexibility index (Phi) is 4.35. The minimum absolute atomic E-state index is 0. The topological polar surface area (TPSA) is 20.2 Å². The summed E-state index contributed by atoms with van der Waals surface area (Å²) in [7, 11) is 0. The van der Waals surface area contributed by atoms with Crippen LogP contribution in [0.15, 0.2) is 24.3 Å². The fraction of sp³-hybridized carbons (Fsp3) is 0.455. The van der Waals surface area contributed by atoms with Gasteiger partial charge in [0.2, 0.25) is 0 Å². The van der Waals surface area contributed by atoms with Crippen LogP contribution in [0.4, 0.5) is 4.39 Å². The molecule has 0 heterocycles. The predicted octanol–water partition coefficient (Wildman–Crippen LogP) is 2.28. The molecule has 1 aromatic rings. The molecule has 1 saturated carbocycles. The zero-order valence-electron chi connectivity index (χ0n) is 8.12. The van der Waals surface area contributed by atoms with Gasteiger partial charge in [0, 0.05) is 23.1 Å². The lowest BCUT2D eigenvalue weighted by atomic mass is 9.79. The number of benzene rings is 1. The molecule has 1 aliphatic carbocycles. The Balaban J connectivity index is 0.000000980. The van der Waals surface area contributed by atoms with Crippen molar-refractivity contribution >= 4 is 23.1 Å². The number of halogens is 1. The second-order valence-electron chi connectivity index (χ2n) is 3.69. The molecule has 3 heteroatoms. The van der Waals surface area contributed by atoms with Crippen LogP contribution in [0.2, 0.25) is 0 Å². The van der Waals surface area contributed by atoms with E-state index >= 15 is 0 Å². The van der Waals surface area contributed by atoms with E-state index in [1.807, 2.05) is 0 Å². The summed E-state index contributed by atoms with van der Waals surface area (Å²) in [6, 6.07) is 6.13. The molecule has 72 valence electrons. The Morgan fingerprint density at radius 3 is 2.21 bits per heavy atom. The monoisotopic (exact) mass is 204 g/mol. The van der Waals surface area contributed by atoms with Gasteiger partial charge in [0.15, 0.2) is 0 Å². The van der Waals surface area contributed by atoms with Crippen LogP contribution in [0.3, 0.4) is 0 Å². The molecule has 0 saturated heterocycles. The van der Waals surface area contributed by atoms with E-state index in [1.165, 1.54) is 18.6 Å². The fourth-order valence-electron chi connectivity index (χ4n) is 1.69. The van der Waals surface area contributed by atoms with E-state index in [2.05, 4.69) is 0 Å². The smallest absolute Gasteiger partial charge is 0.123 e. The van der Waals surface area contributed by atoms with Crippen molar-refractivity contribution in [1.82, 2.24) is 0 Å². The minimum atomic E-state index is -0.394. The van der Waals surface area contributed by atoms with E-state index in [0.717, 1.165) is 18.4 Å². The Hall–Kier alpha value is -0.124. The van der Waals surface area contributed by atoms with Crippen LogP contribution in [0.5, 0.6) is 0 Å². The molecule has 1 atom stereocenters. The quantitative estimate of drug-likeness (QED) is 0.733. The zero-order valence-corrected chi connectivity index (χ0v) is 9.53. The van der Waals surface area contributed by atoms with Gasteiger partial charge in [-0.05, 0) is 36.5 Å². The van der Waals surface area contributed by atoms with Gasteiger partial charge in [0.25, 0.3) is 0 Å². The number of rotatable bonds is 2. The first kappa shape index (κ1) is 11.9. The SMILES string of the molecule is OC(c1ccc(F)cc1)C1CCC1.[Mg]. The largest absolute Gasteiger partial charge is 0.388 e. The average Bonchev–Trinajstić information content (AvgIpc) is 2.02. The van der Waals surface area contributed by atoms with Gasteiger partial charge in [0.1, 0.15) is 5.82 Å². The van der Waals surface area contributed by atoms with E-state index < -0.39 is 6.10 Å². The molecule has 1 N–H and O–H groups in total. The molecule has 1 aliphatic rings. The summed E-state index contributed by atoms with van der Waals surface area (Å²) >= 11 is 0. The van der Waals surface area contributed by atoms with Crippen LogP contribution in [0.1, 0.15) is 30.9 Å². The van der Waals surface area contributed by atoms with E-state index in [1.54, 1.807) is 12.1 Å². The van der Waals surface area contributed by atoms with Crippen molar-refractivity contribution in [2.45, 2.75) is 25.4 Å². The van der Waals surface area contributed by atoms with E-state index in [0.29, 0.717) is 5.92 Å². The van der Waals surface area contributed by atoms with Crippen LogP contribution < -0.4 is 0 Å². The average molecular weight is 205 g/mol. The van der Waals surface area contributed by atoms with Crippen LogP contribution in [-0.4, -0.2) is 28.2 Å². The highest BCUT2D eigenvalue weighted by Crippen LogP contribution is 2.37. The predicted molar refractivity (Wildman–Crippen MR) is 54.5 cm³/mol. The van der Waals surface area contributed by atoms with Crippen molar-refractivity contribution in [3.63, 3.8) is 0 Å². The third-order valence-corrected chi connectivity index (χ3v) is 2.81. The first-order valence-electron chi connectivity index (χ1n) is 4.71. The Bertz CT molecular complexity index is 282. The molecule has 0 aromatic heterocycles. The van der Waals surface area contributed by atoms with E-state index in [4.69, 9.17) is 0 Å². The van der Waals surface area contributed by atoms with Gasteiger partial charge in [-0.25, -0.2) is 4.39 Å². The van der Waals surface area contributed by atoms with Crippen molar-refractivity contribution < 1.29 is 9.50 Å². The van der Waals surface area contributed by atoms with Gasteiger partial charge >= 0.3 is 0 Å². The maximum Gasteiger partial charge on any atom is 0.123 e. The molecular formula is C11H13FMgO. The lowest BCUT2D eigenvalue weighted by molar-refractivity contribution is 0.0620. The molecule has 0 bridgehead atoms. The standard InChI is InChI=1S/C11H13FO.Mg/c12-10-6-4-9(5-7-10)11(13)8-2-1-3-8;/h4-8,11,13H,1-3H2;. The van der Waals surface area contributed by atoms with Gasteiger partial charge in [-0.2, -0.15) is 0 Å². The summed E-state index contributed by atoms with van der Waals surface area (Å²) in [6.07, 6.45) is 3.01. The molecule has 0 amide bonds. The molecule has 0 spiro atoms. The molecule has 1 aromatic carbocycles. The molecule has 1 fully saturated rings. The lowest BCUT2D eigenvalue weighted by Gasteiger charge is -2.30. The Morgan fingerprint density at radius 2 is 1.79 bits per heavy atom. The first-order valence-corrected chi connectivity index (χ1v) is 4.71. The highest BCUT2D eigenvalue weighted by molar-refractivity contribution is 5.75. The van der Waals surface area contributed by atoms with Gasteiger partial charge in [-0.15, -0.1) is 0 Å². The normalized spacial score (nSPS) is 18.1. The van der Waals surface area contributed by atoms with Crippen molar-refractivity contribution in [3.05, 3.63) is 35.6 Å². The molecule has 2 radical (unpaired) electrons. The van der Waals surface area contributed by atoms with Gasteiger partial charge in [-0.3, -0.25) is 0 Å². The number of hydrogen-bond acceptors (Lipinski definition) is 1. The van der Waals surface area contributed by atoms with Crippen molar-refractivity contribution in [3.8, 4) is 0 Å². The Labute approximate surface area is 99.5 Å². The maximum absolute atomic E-state index is 12.6.